The van der Waals surface area contributed by atoms with Gasteiger partial charge in [0.05, 0.1) is 6.61 Å². The van der Waals surface area contributed by atoms with Crippen LogP contribution in [0.4, 0.5) is 0 Å². The molecule has 0 aliphatic heterocycles. The topological polar surface area (TPSA) is 38.3 Å². The summed E-state index contributed by atoms with van der Waals surface area (Å²) in [4.78, 5) is 11.4. The zero-order valence-electron chi connectivity index (χ0n) is 8.80. The molecule has 0 atom stereocenters. The van der Waals surface area contributed by atoms with Gasteiger partial charge in [-0.1, -0.05) is 24.8 Å². The molecule has 3 heteroatoms. The van der Waals surface area contributed by atoms with Gasteiger partial charge in [-0.05, 0) is 13.0 Å². The van der Waals surface area contributed by atoms with Gasteiger partial charge in [0.1, 0.15) is 0 Å². The number of ether oxygens (including phenoxy) is 1. The number of carbonyl (C=O) groups excluding carboxylic acids is 1. The van der Waals surface area contributed by atoms with E-state index in [-0.39, 0.29) is 5.91 Å². The molecule has 0 radical (unpaired) electrons. The molecule has 0 unspecified atom stereocenters. The molecular weight excluding hydrogens is 178 g/mol. The normalized spacial score (nSPS) is 10.9. The summed E-state index contributed by atoms with van der Waals surface area (Å²) in [6.45, 7) is 10.1. The van der Waals surface area contributed by atoms with Gasteiger partial charge in [0.15, 0.2) is 0 Å². The van der Waals surface area contributed by atoms with Gasteiger partial charge in [-0.2, -0.15) is 0 Å². The molecule has 0 aliphatic carbocycles. The summed E-state index contributed by atoms with van der Waals surface area (Å²) >= 11 is 0. The molecule has 3 nitrogen and oxygen atoms in total. The van der Waals surface area contributed by atoms with Crippen LogP contribution < -0.4 is 5.32 Å². The largest absolute Gasteiger partial charge is 0.383 e. The highest BCUT2D eigenvalue weighted by Gasteiger charge is 2.03. The third-order valence-corrected chi connectivity index (χ3v) is 1.48. The van der Waals surface area contributed by atoms with E-state index in [9.17, 15) is 4.79 Å². The standard InChI is InChI=1S/C11H17NO2/c1-5-10(8-9(2)3)11(13)12-6-7-14-4/h5,8H,1-2,6-7H2,3-4H3,(H,12,13)/b10-8+. The first kappa shape index (κ1) is 12.7. The molecule has 0 rings (SSSR count). The Morgan fingerprint density at radius 3 is 2.64 bits per heavy atom. The third-order valence-electron chi connectivity index (χ3n) is 1.48. The van der Waals surface area contributed by atoms with Crippen molar-refractivity contribution in [3.63, 3.8) is 0 Å². The highest BCUT2D eigenvalue weighted by Crippen LogP contribution is 2.01. The lowest BCUT2D eigenvalue weighted by molar-refractivity contribution is -0.117. The maximum absolute atomic E-state index is 11.4. The van der Waals surface area contributed by atoms with Crippen LogP contribution in [-0.2, 0) is 9.53 Å². The van der Waals surface area contributed by atoms with Crippen molar-refractivity contribution in [1.82, 2.24) is 5.32 Å². The Morgan fingerprint density at radius 2 is 2.21 bits per heavy atom. The Kier molecular flexibility index (Phi) is 6.41. The molecule has 0 aromatic heterocycles. The van der Waals surface area contributed by atoms with E-state index in [4.69, 9.17) is 4.74 Å². The fourth-order valence-corrected chi connectivity index (χ4v) is 0.851. The number of methoxy groups -OCH3 is 1. The second-order valence-corrected chi connectivity index (χ2v) is 2.90. The second kappa shape index (κ2) is 7.09. The van der Waals surface area contributed by atoms with Crippen LogP contribution in [-0.4, -0.2) is 26.2 Å². The van der Waals surface area contributed by atoms with E-state index in [1.165, 1.54) is 6.08 Å². The van der Waals surface area contributed by atoms with E-state index in [0.29, 0.717) is 18.7 Å². The van der Waals surface area contributed by atoms with Gasteiger partial charge in [0.2, 0.25) is 0 Å². The molecule has 0 saturated carbocycles. The van der Waals surface area contributed by atoms with Gasteiger partial charge in [0.25, 0.3) is 5.91 Å². The maximum atomic E-state index is 11.4. The van der Waals surface area contributed by atoms with Crippen molar-refractivity contribution in [3.05, 3.63) is 36.5 Å². The molecule has 0 fully saturated rings. The Hall–Kier alpha value is -1.35. The van der Waals surface area contributed by atoms with Gasteiger partial charge >= 0.3 is 0 Å². The lowest BCUT2D eigenvalue weighted by Gasteiger charge is -2.04. The second-order valence-electron chi connectivity index (χ2n) is 2.90. The average Bonchev–Trinajstić information content (AvgIpc) is 2.14. The first-order valence-corrected chi connectivity index (χ1v) is 4.38. The summed E-state index contributed by atoms with van der Waals surface area (Å²) in [6, 6.07) is 0. The molecule has 0 spiro atoms. The van der Waals surface area contributed by atoms with Crippen LogP contribution in [0.1, 0.15) is 6.92 Å². The van der Waals surface area contributed by atoms with Gasteiger partial charge in [0, 0.05) is 19.2 Å². The van der Waals surface area contributed by atoms with Gasteiger partial charge < -0.3 is 10.1 Å². The highest BCUT2D eigenvalue weighted by molar-refractivity contribution is 5.96. The minimum absolute atomic E-state index is 0.153. The molecular formula is C11H17NO2. The van der Waals surface area contributed by atoms with E-state index < -0.39 is 0 Å². The summed E-state index contributed by atoms with van der Waals surface area (Å²) < 4.78 is 4.81. The first-order chi connectivity index (χ1) is 6.61. The van der Waals surface area contributed by atoms with Crippen LogP contribution in [0, 0.1) is 0 Å². The molecule has 14 heavy (non-hydrogen) atoms. The molecule has 0 aromatic carbocycles. The van der Waals surface area contributed by atoms with E-state index in [1.807, 2.05) is 6.92 Å². The van der Waals surface area contributed by atoms with Gasteiger partial charge in [-0.25, -0.2) is 0 Å². The molecule has 78 valence electrons. The monoisotopic (exact) mass is 195 g/mol. The zero-order valence-corrected chi connectivity index (χ0v) is 8.80. The van der Waals surface area contributed by atoms with Gasteiger partial charge in [-0.3, -0.25) is 4.79 Å². The Labute approximate surface area is 85.1 Å². The van der Waals surface area contributed by atoms with Crippen LogP contribution >= 0.6 is 0 Å². The van der Waals surface area contributed by atoms with Crippen molar-refractivity contribution >= 4 is 5.91 Å². The van der Waals surface area contributed by atoms with Crippen molar-refractivity contribution in [1.29, 1.82) is 0 Å². The molecule has 0 aliphatic rings. The summed E-state index contributed by atoms with van der Waals surface area (Å²) in [5.74, 6) is -0.153. The van der Waals surface area contributed by atoms with E-state index >= 15 is 0 Å². The Balaban J connectivity index is 4.19. The number of rotatable bonds is 6. The van der Waals surface area contributed by atoms with Crippen molar-refractivity contribution in [2.24, 2.45) is 0 Å². The lowest BCUT2D eigenvalue weighted by atomic mass is 10.1. The number of amides is 1. The highest BCUT2D eigenvalue weighted by atomic mass is 16.5. The predicted molar refractivity (Wildman–Crippen MR) is 58.0 cm³/mol. The Morgan fingerprint density at radius 1 is 1.57 bits per heavy atom. The predicted octanol–water partition coefficient (Wildman–Crippen LogP) is 1.44. The number of hydrogen-bond acceptors (Lipinski definition) is 2. The zero-order chi connectivity index (χ0) is 11.0. The smallest absolute Gasteiger partial charge is 0.251 e. The summed E-state index contributed by atoms with van der Waals surface area (Å²) in [6.07, 6.45) is 3.20. The van der Waals surface area contributed by atoms with E-state index in [2.05, 4.69) is 18.5 Å². The number of allylic oxidation sites excluding steroid dienone is 2. The fourth-order valence-electron chi connectivity index (χ4n) is 0.851. The minimum atomic E-state index is -0.153. The quantitative estimate of drug-likeness (QED) is 0.395. The molecule has 0 saturated heterocycles. The third kappa shape index (κ3) is 5.32. The van der Waals surface area contributed by atoms with Crippen LogP contribution in [0.2, 0.25) is 0 Å². The summed E-state index contributed by atoms with van der Waals surface area (Å²) in [5, 5.41) is 2.70. The summed E-state index contributed by atoms with van der Waals surface area (Å²) in [5.41, 5.74) is 1.34. The van der Waals surface area contributed by atoms with E-state index in [1.54, 1.807) is 13.2 Å². The van der Waals surface area contributed by atoms with Crippen molar-refractivity contribution in [3.8, 4) is 0 Å². The lowest BCUT2D eigenvalue weighted by Crippen LogP contribution is -2.27. The number of carbonyl (C=O) groups is 1. The van der Waals surface area contributed by atoms with Crippen molar-refractivity contribution in [2.45, 2.75) is 6.92 Å². The minimum Gasteiger partial charge on any atom is -0.383 e. The molecule has 0 heterocycles. The molecule has 1 N–H and O–H groups in total. The number of nitrogens with one attached hydrogen (secondary N) is 1. The first-order valence-electron chi connectivity index (χ1n) is 4.38. The molecule has 1 amide bonds. The van der Waals surface area contributed by atoms with Crippen LogP contribution in [0.5, 0.6) is 0 Å². The van der Waals surface area contributed by atoms with E-state index in [0.717, 1.165) is 5.57 Å². The van der Waals surface area contributed by atoms with Crippen LogP contribution in [0.3, 0.4) is 0 Å². The average molecular weight is 195 g/mol. The summed E-state index contributed by atoms with van der Waals surface area (Å²) in [7, 11) is 1.59. The number of hydrogen-bond donors (Lipinski definition) is 1. The molecule has 0 bridgehead atoms. The van der Waals surface area contributed by atoms with Crippen LogP contribution in [0.15, 0.2) is 36.5 Å². The Bertz CT molecular complexity index is 254. The SMILES string of the molecule is C=C/C(=C\C(=C)C)C(=O)NCCOC. The van der Waals surface area contributed by atoms with Crippen LogP contribution in [0.25, 0.3) is 0 Å². The fraction of sp³-hybridized carbons (Fsp3) is 0.364. The van der Waals surface area contributed by atoms with Crippen molar-refractivity contribution < 1.29 is 9.53 Å². The maximum Gasteiger partial charge on any atom is 0.251 e. The molecule has 0 aromatic rings. The van der Waals surface area contributed by atoms with Gasteiger partial charge in [-0.15, -0.1) is 0 Å². The van der Waals surface area contributed by atoms with Crippen molar-refractivity contribution in [2.75, 3.05) is 20.3 Å².